The Hall–Kier alpha value is -1.11. The number of alkyl halides is 3. The second kappa shape index (κ2) is 5.48. The lowest BCUT2D eigenvalue weighted by molar-refractivity contribution is -0.166. The van der Waals surface area contributed by atoms with Crippen LogP contribution in [0.2, 0.25) is 0 Å². The first-order valence-electron chi connectivity index (χ1n) is 5.56. The van der Waals surface area contributed by atoms with Crippen molar-refractivity contribution in [2.45, 2.75) is 45.5 Å². The van der Waals surface area contributed by atoms with Crippen molar-refractivity contribution in [1.29, 1.82) is 0 Å². The van der Waals surface area contributed by atoms with Crippen molar-refractivity contribution in [2.75, 3.05) is 7.05 Å². The Balaban J connectivity index is 3.06. The van der Waals surface area contributed by atoms with Crippen LogP contribution in [0.25, 0.3) is 0 Å². The molecule has 0 spiro atoms. The largest absolute Gasteiger partial charge is 0.410 e. The van der Waals surface area contributed by atoms with Crippen LogP contribution >= 0.6 is 0 Å². The molecule has 0 aliphatic carbocycles. The molecule has 1 heterocycles. The first-order valence-corrected chi connectivity index (χ1v) is 5.56. The molecule has 0 amide bonds. The smallest absolute Gasteiger partial charge is 0.314 e. The van der Waals surface area contributed by atoms with E-state index in [4.69, 9.17) is 0 Å². The van der Waals surface area contributed by atoms with Gasteiger partial charge < -0.3 is 5.32 Å². The van der Waals surface area contributed by atoms with Crippen molar-refractivity contribution < 1.29 is 13.2 Å². The second-order valence-corrected chi connectivity index (χ2v) is 3.93. The molecule has 1 atom stereocenters. The summed E-state index contributed by atoms with van der Waals surface area (Å²) >= 11 is 0. The Morgan fingerprint density at radius 1 is 1.41 bits per heavy atom. The van der Waals surface area contributed by atoms with Crippen LogP contribution in [-0.2, 0) is 13.0 Å². The molecular formula is C10H17F3N4. The van der Waals surface area contributed by atoms with Gasteiger partial charge in [0.05, 0.1) is 11.4 Å². The highest BCUT2D eigenvalue weighted by atomic mass is 19.4. The summed E-state index contributed by atoms with van der Waals surface area (Å²) < 4.78 is 38.9. The minimum atomic E-state index is -4.30. The van der Waals surface area contributed by atoms with Gasteiger partial charge >= 0.3 is 6.18 Å². The van der Waals surface area contributed by atoms with E-state index in [1.165, 1.54) is 0 Å². The highest BCUT2D eigenvalue weighted by Crippen LogP contribution is 2.30. The number of halogens is 3. The van der Waals surface area contributed by atoms with E-state index in [1.54, 1.807) is 7.05 Å². The van der Waals surface area contributed by atoms with Crippen LogP contribution in [0.5, 0.6) is 0 Å². The second-order valence-electron chi connectivity index (χ2n) is 3.93. The number of hydrogen-bond acceptors (Lipinski definition) is 3. The maximum atomic E-state index is 12.6. The highest BCUT2D eigenvalue weighted by Gasteiger charge is 2.39. The summed E-state index contributed by atoms with van der Waals surface area (Å²) in [4.78, 5) is 0. The lowest BCUT2D eigenvalue weighted by Crippen LogP contribution is -2.26. The summed E-state index contributed by atoms with van der Waals surface area (Å²) in [7, 11) is 1.72. The van der Waals surface area contributed by atoms with E-state index < -0.39 is 12.2 Å². The lowest BCUT2D eigenvalue weighted by atomic mass is 10.2. The van der Waals surface area contributed by atoms with Crippen molar-refractivity contribution in [1.82, 2.24) is 20.3 Å². The Labute approximate surface area is 98.2 Å². The molecule has 0 saturated heterocycles. The number of nitrogens with one attached hydrogen (secondary N) is 1. The zero-order valence-corrected chi connectivity index (χ0v) is 10.2. The predicted octanol–water partition coefficient (Wildman–Crippen LogP) is 2.07. The molecule has 0 fully saturated rings. The first kappa shape index (κ1) is 14.0. The van der Waals surface area contributed by atoms with Gasteiger partial charge in [-0.25, -0.2) is 4.68 Å². The summed E-state index contributed by atoms with van der Waals surface area (Å²) in [5, 5.41) is 10.3. The average Bonchev–Trinajstić information content (AvgIpc) is 2.61. The maximum absolute atomic E-state index is 12.6. The number of hydrogen-bond donors (Lipinski definition) is 1. The van der Waals surface area contributed by atoms with Crippen molar-refractivity contribution in [3.8, 4) is 0 Å². The van der Waals surface area contributed by atoms with E-state index in [1.807, 2.05) is 6.92 Å². The summed E-state index contributed by atoms with van der Waals surface area (Å²) in [6.45, 7) is 3.44. The molecule has 4 nitrogen and oxygen atoms in total. The minimum absolute atomic E-state index is 0.430. The Morgan fingerprint density at radius 3 is 2.53 bits per heavy atom. The molecule has 1 N–H and O–H groups in total. The van der Waals surface area contributed by atoms with Crippen molar-refractivity contribution in [3.63, 3.8) is 0 Å². The molecule has 1 aromatic heterocycles. The Morgan fingerprint density at radius 2 is 2.06 bits per heavy atom. The average molecular weight is 250 g/mol. The van der Waals surface area contributed by atoms with Crippen LogP contribution in [0.1, 0.15) is 37.7 Å². The van der Waals surface area contributed by atoms with E-state index in [0.29, 0.717) is 24.4 Å². The molecule has 0 aliphatic heterocycles. The Bertz CT molecular complexity index is 359. The van der Waals surface area contributed by atoms with Crippen molar-refractivity contribution >= 4 is 0 Å². The predicted molar refractivity (Wildman–Crippen MR) is 57.5 cm³/mol. The van der Waals surface area contributed by atoms with Gasteiger partial charge in [-0.05, 0) is 20.4 Å². The maximum Gasteiger partial charge on any atom is 0.410 e. The van der Waals surface area contributed by atoms with Crippen LogP contribution in [0.15, 0.2) is 0 Å². The van der Waals surface area contributed by atoms with Gasteiger partial charge in [0.2, 0.25) is 0 Å². The van der Waals surface area contributed by atoms with Gasteiger partial charge in [-0.2, -0.15) is 13.2 Å². The van der Waals surface area contributed by atoms with Crippen LogP contribution < -0.4 is 5.32 Å². The van der Waals surface area contributed by atoms with E-state index in [2.05, 4.69) is 15.6 Å². The third kappa shape index (κ3) is 3.18. The Kier molecular flexibility index (Phi) is 4.50. The molecular weight excluding hydrogens is 233 g/mol. The fourth-order valence-electron chi connectivity index (χ4n) is 1.60. The van der Waals surface area contributed by atoms with Crippen molar-refractivity contribution in [3.05, 3.63) is 11.4 Å². The zero-order chi connectivity index (χ0) is 13.1. The van der Waals surface area contributed by atoms with Gasteiger partial charge in [0.1, 0.15) is 6.04 Å². The zero-order valence-electron chi connectivity index (χ0n) is 10.2. The molecule has 0 aliphatic rings. The quantitative estimate of drug-likeness (QED) is 0.870. The van der Waals surface area contributed by atoms with Gasteiger partial charge in [-0.1, -0.05) is 18.6 Å². The van der Waals surface area contributed by atoms with E-state index >= 15 is 0 Å². The monoisotopic (exact) mass is 250 g/mol. The summed E-state index contributed by atoms with van der Waals surface area (Å²) in [6, 6.07) is -1.64. The highest BCUT2D eigenvalue weighted by molar-refractivity contribution is 5.11. The van der Waals surface area contributed by atoms with Crippen molar-refractivity contribution in [2.24, 2.45) is 0 Å². The molecule has 17 heavy (non-hydrogen) atoms. The molecule has 1 rings (SSSR count). The minimum Gasteiger partial charge on any atom is -0.314 e. The SMILES string of the molecule is CCCc1c(CNC)nnn1C(C)C(F)(F)F. The first-order chi connectivity index (χ1) is 7.91. The topological polar surface area (TPSA) is 42.7 Å². The van der Waals surface area contributed by atoms with Gasteiger partial charge in [0, 0.05) is 6.54 Å². The van der Waals surface area contributed by atoms with Gasteiger partial charge in [-0.3, -0.25) is 0 Å². The number of aromatic nitrogens is 3. The number of rotatable bonds is 5. The van der Waals surface area contributed by atoms with E-state index in [-0.39, 0.29) is 0 Å². The van der Waals surface area contributed by atoms with Crippen LogP contribution in [-0.4, -0.2) is 28.2 Å². The van der Waals surface area contributed by atoms with Crippen LogP contribution in [0, 0.1) is 0 Å². The fraction of sp³-hybridized carbons (Fsp3) is 0.800. The molecule has 7 heteroatoms. The summed E-state index contributed by atoms with van der Waals surface area (Å²) in [6.07, 6.45) is -2.99. The molecule has 1 unspecified atom stereocenters. The molecule has 0 saturated carbocycles. The summed E-state index contributed by atoms with van der Waals surface area (Å²) in [5.74, 6) is 0. The normalized spacial score (nSPS) is 14.0. The van der Waals surface area contributed by atoms with Crippen LogP contribution in [0.3, 0.4) is 0 Å². The number of nitrogens with zero attached hydrogens (tertiary/aromatic N) is 3. The third-order valence-corrected chi connectivity index (χ3v) is 2.54. The third-order valence-electron chi connectivity index (χ3n) is 2.54. The van der Waals surface area contributed by atoms with Gasteiger partial charge in [0.25, 0.3) is 0 Å². The van der Waals surface area contributed by atoms with E-state index in [0.717, 1.165) is 18.0 Å². The molecule has 0 aromatic carbocycles. The molecule has 0 radical (unpaired) electrons. The fourth-order valence-corrected chi connectivity index (χ4v) is 1.60. The standard InChI is InChI=1S/C10H17F3N4/c1-4-5-9-8(6-14-3)15-16-17(9)7(2)10(11,12)13/h7,14H,4-6H2,1-3H3. The summed E-state index contributed by atoms with van der Waals surface area (Å²) in [5.41, 5.74) is 1.15. The lowest BCUT2D eigenvalue weighted by Gasteiger charge is -2.18. The van der Waals surface area contributed by atoms with Gasteiger partial charge in [0.15, 0.2) is 0 Å². The molecule has 1 aromatic rings. The molecule has 0 bridgehead atoms. The molecule has 98 valence electrons. The van der Waals surface area contributed by atoms with Gasteiger partial charge in [-0.15, -0.1) is 5.10 Å². The van der Waals surface area contributed by atoms with Crippen LogP contribution in [0.4, 0.5) is 13.2 Å². The van der Waals surface area contributed by atoms with E-state index in [9.17, 15) is 13.2 Å².